The summed E-state index contributed by atoms with van der Waals surface area (Å²) in [5.74, 6) is -0.557. The van der Waals surface area contributed by atoms with Crippen molar-refractivity contribution in [3.8, 4) is 0 Å². The summed E-state index contributed by atoms with van der Waals surface area (Å²) in [4.78, 5) is 14.4. The number of carbonyl (C=O) groups is 1. The topological polar surface area (TPSA) is 41.6 Å². The maximum absolute atomic E-state index is 13.5. The van der Waals surface area contributed by atoms with Crippen LogP contribution in [0.15, 0.2) is 30.3 Å². The molecule has 0 saturated carbocycles. The SMILES string of the molecule is CC1CN(C(C)(C)CNC(=O)/C=C/c2ccccc2F)CC(C)O1. The molecule has 4 nitrogen and oxygen atoms in total. The average molecular weight is 334 g/mol. The van der Waals surface area contributed by atoms with E-state index in [0.29, 0.717) is 12.1 Å². The Kier molecular flexibility index (Phi) is 6.13. The predicted molar refractivity (Wildman–Crippen MR) is 94.1 cm³/mol. The van der Waals surface area contributed by atoms with Crippen LogP contribution in [0.2, 0.25) is 0 Å². The Morgan fingerprint density at radius 3 is 2.58 bits per heavy atom. The van der Waals surface area contributed by atoms with Gasteiger partial charge in [0, 0.05) is 36.8 Å². The number of morpholine rings is 1. The molecular formula is C19H27FN2O2. The number of carbonyl (C=O) groups excluding carboxylic acids is 1. The van der Waals surface area contributed by atoms with Crippen molar-refractivity contribution in [2.45, 2.75) is 45.4 Å². The van der Waals surface area contributed by atoms with Gasteiger partial charge in [0.1, 0.15) is 5.82 Å². The molecule has 24 heavy (non-hydrogen) atoms. The lowest BCUT2D eigenvalue weighted by Crippen LogP contribution is -2.58. The van der Waals surface area contributed by atoms with E-state index in [0.717, 1.165) is 13.1 Å². The Hall–Kier alpha value is -1.72. The summed E-state index contributed by atoms with van der Waals surface area (Å²) in [6, 6.07) is 6.38. The minimum Gasteiger partial charge on any atom is -0.373 e. The van der Waals surface area contributed by atoms with E-state index in [2.05, 4.69) is 37.9 Å². The van der Waals surface area contributed by atoms with Gasteiger partial charge >= 0.3 is 0 Å². The van der Waals surface area contributed by atoms with E-state index in [9.17, 15) is 9.18 Å². The zero-order chi connectivity index (χ0) is 17.7. The van der Waals surface area contributed by atoms with Crippen LogP contribution in [0.5, 0.6) is 0 Å². The lowest BCUT2D eigenvalue weighted by molar-refractivity contribution is -0.118. The van der Waals surface area contributed by atoms with E-state index < -0.39 is 0 Å². The third-order valence-electron chi connectivity index (χ3n) is 4.29. The van der Waals surface area contributed by atoms with Crippen LogP contribution in [0.25, 0.3) is 6.08 Å². The van der Waals surface area contributed by atoms with Crippen LogP contribution in [0.4, 0.5) is 4.39 Å². The monoisotopic (exact) mass is 334 g/mol. The molecule has 2 atom stereocenters. The smallest absolute Gasteiger partial charge is 0.244 e. The second-order valence-electron chi connectivity index (χ2n) is 7.05. The van der Waals surface area contributed by atoms with E-state index >= 15 is 0 Å². The molecule has 1 saturated heterocycles. The number of ether oxygens (including phenoxy) is 1. The van der Waals surface area contributed by atoms with Gasteiger partial charge in [0.05, 0.1) is 12.2 Å². The van der Waals surface area contributed by atoms with Gasteiger partial charge in [-0.15, -0.1) is 0 Å². The van der Waals surface area contributed by atoms with Crippen LogP contribution in [0, 0.1) is 5.82 Å². The number of rotatable bonds is 5. The Labute approximate surface area is 143 Å². The zero-order valence-electron chi connectivity index (χ0n) is 14.9. The third-order valence-corrected chi connectivity index (χ3v) is 4.29. The number of nitrogens with one attached hydrogen (secondary N) is 1. The van der Waals surface area contributed by atoms with Crippen LogP contribution >= 0.6 is 0 Å². The summed E-state index contributed by atoms with van der Waals surface area (Å²) in [5, 5.41) is 2.91. The van der Waals surface area contributed by atoms with Crippen LogP contribution in [-0.2, 0) is 9.53 Å². The molecule has 1 aromatic rings. The van der Waals surface area contributed by atoms with Crippen molar-refractivity contribution >= 4 is 12.0 Å². The van der Waals surface area contributed by atoms with Crippen LogP contribution in [0.1, 0.15) is 33.3 Å². The molecule has 0 bridgehead atoms. The van der Waals surface area contributed by atoms with Crippen molar-refractivity contribution in [3.63, 3.8) is 0 Å². The standard InChI is InChI=1S/C19H27FN2O2/c1-14-11-22(12-15(2)24-14)19(3,4)13-21-18(23)10-9-16-7-5-6-8-17(16)20/h5-10,14-15H,11-13H2,1-4H3,(H,21,23)/b10-9+. The summed E-state index contributed by atoms with van der Waals surface area (Å²) in [5.41, 5.74) is 0.232. The number of hydrogen-bond donors (Lipinski definition) is 1. The lowest BCUT2D eigenvalue weighted by Gasteiger charge is -2.45. The Morgan fingerprint density at radius 2 is 1.96 bits per heavy atom. The first-order valence-corrected chi connectivity index (χ1v) is 8.39. The highest BCUT2D eigenvalue weighted by molar-refractivity contribution is 5.91. The van der Waals surface area contributed by atoms with Crippen LogP contribution < -0.4 is 5.32 Å². The Morgan fingerprint density at radius 1 is 1.33 bits per heavy atom. The van der Waals surface area contributed by atoms with E-state index in [-0.39, 0.29) is 29.5 Å². The van der Waals surface area contributed by atoms with E-state index in [1.807, 2.05) is 0 Å². The first-order valence-electron chi connectivity index (χ1n) is 8.39. The van der Waals surface area contributed by atoms with Gasteiger partial charge in [-0.05, 0) is 39.8 Å². The number of halogens is 1. The van der Waals surface area contributed by atoms with Crippen molar-refractivity contribution < 1.29 is 13.9 Å². The van der Waals surface area contributed by atoms with Gasteiger partial charge in [-0.3, -0.25) is 9.69 Å². The highest BCUT2D eigenvalue weighted by atomic mass is 19.1. The van der Waals surface area contributed by atoms with Gasteiger partial charge in [0.25, 0.3) is 0 Å². The normalized spacial score (nSPS) is 22.7. The number of hydrogen-bond acceptors (Lipinski definition) is 3. The average Bonchev–Trinajstić information content (AvgIpc) is 2.51. The molecule has 1 heterocycles. The molecule has 1 N–H and O–H groups in total. The molecule has 1 aliphatic heterocycles. The van der Waals surface area contributed by atoms with Gasteiger partial charge in [0.15, 0.2) is 0 Å². The second-order valence-corrected chi connectivity index (χ2v) is 7.05. The maximum atomic E-state index is 13.5. The minimum absolute atomic E-state index is 0.173. The number of amides is 1. The van der Waals surface area contributed by atoms with E-state index in [1.54, 1.807) is 18.2 Å². The molecule has 1 aromatic carbocycles. The first-order chi connectivity index (χ1) is 11.3. The van der Waals surface area contributed by atoms with Gasteiger partial charge < -0.3 is 10.1 Å². The highest BCUT2D eigenvalue weighted by Gasteiger charge is 2.33. The summed E-state index contributed by atoms with van der Waals surface area (Å²) in [7, 11) is 0. The van der Waals surface area contributed by atoms with E-state index in [4.69, 9.17) is 4.74 Å². The van der Waals surface area contributed by atoms with E-state index in [1.165, 1.54) is 18.2 Å². The summed E-state index contributed by atoms with van der Waals surface area (Å²) in [6.07, 6.45) is 3.24. The largest absolute Gasteiger partial charge is 0.373 e. The molecule has 2 unspecified atom stereocenters. The fourth-order valence-corrected chi connectivity index (χ4v) is 2.92. The number of nitrogens with zero attached hydrogens (tertiary/aromatic N) is 1. The van der Waals surface area contributed by atoms with Crippen molar-refractivity contribution in [2.24, 2.45) is 0 Å². The third kappa shape index (κ3) is 5.14. The predicted octanol–water partition coefficient (Wildman–Crippen LogP) is 2.84. The molecule has 2 rings (SSSR count). The zero-order valence-corrected chi connectivity index (χ0v) is 14.9. The highest BCUT2D eigenvalue weighted by Crippen LogP contribution is 2.20. The molecule has 1 aliphatic rings. The van der Waals surface area contributed by atoms with Gasteiger partial charge in [0.2, 0.25) is 5.91 Å². The van der Waals surface area contributed by atoms with Gasteiger partial charge in [-0.2, -0.15) is 0 Å². The fraction of sp³-hybridized carbons (Fsp3) is 0.526. The van der Waals surface area contributed by atoms with Crippen molar-refractivity contribution in [3.05, 3.63) is 41.7 Å². The molecule has 0 spiro atoms. The minimum atomic E-state index is -0.335. The maximum Gasteiger partial charge on any atom is 0.244 e. The van der Waals surface area contributed by atoms with Crippen LogP contribution in [0.3, 0.4) is 0 Å². The molecule has 1 fully saturated rings. The summed E-state index contributed by atoms with van der Waals surface area (Å²) < 4.78 is 19.3. The second kappa shape index (κ2) is 7.90. The van der Waals surface area contributed by atoms with Gasteiger partial charge in [-0.1, -0.05) is 18.2 Å². The van der Waals surface area contributed by atoms with Crippen LogP contribution in [-0.4, -0.2) is 48.2 Å². The molecule has 1 amide bonds. The molecule has 0 aliphatic carbocycles. The quantitative estimate of drug-likeness (QED) is 0.842. The molecule has 0 radical (unpaired) electrons. The molecule has 132 valence electrons. The first kappa shape index (κ1) is 18.6. The summed E-state index contributed by atoms with van der Waals surface area (Å²) in [6.45, 7) is 10.6. The molecular weight excluding hydrogens is 307 g/mol. The fourth-order valence-electron chi connectivity index (χ4n) is 2.92. The Balaban J connectivity index is 1.89. The lowest BCUT2D eigenvalue weighted by atomic mass is 10.00. The molecule has 5 heteroatoms. The van der Waals surface area contributed by atoms with Crippen molar-refractivity contribution in [1.82, 2.24) is 10.2 Å². The van der Waals surface area contributed by atoms with Crippen molar-refractivity contribution in [1.29, 1.82) is 0 Å². The van der Waals surface area contributed by atoms with Gasteiger partial charge in [-0.25, -0.2) is 4.39 Å². The summed E-state index contributed by atoms with van der Waals surface area (Å²) >= 11 is 0. The molecule has 0 aromatic heterocycles. The number of benzene rings is 1. The Bertz CT molecular complexity index is 591. The van der Waals surface area contributed by atoms with Crippen molar-refractivity contribution in [2.75, 3.05) is 19.6 Å².